The zero-order chi connectivity index (χ0) is 6.53. The second kappa shape index (κ2) is 3.96. The van der Waals surface area contributed by atoms with Crippen LogP contribution in [-0.4, -0.2) is 22.7 Å². The van der Waals surface area contributed by atoms with Crippen molar-refractivity contribution < 1.29 is 5.11 Å². The second-order valence-electron chi connectivity index (χ2n) is 2.14. The predicted molar refractivity (Wildman–Crippen MR) is 41.7 cm³/mol. The van der Waals surface area contributed by atoms with Crippen LogP contribution in [0.25, 0.3) is 0 Å². The zero-order valence-corrected chi connectivity index (χ0v) is 6.23. The lowest BCUT2D eigenvalue weighted by molar-refractivity contribution is 0.322. The third kappa shape index (κ3) is 2.41. The summed E-state index contributed by atoms with van der Waals surface area (Å²) in [6.07, 6.45) is 6.95. The lowest BCUT2D eigenvalue weighted by atomic mass is 10.4. The maximum atomic E-state index is 8.48. The Kier molecular flexibility index (Phi) is 3.15. The van der Waals surface area contributed by atoms with Gasteiger partial charge in [-0.15, -0.1) is 0 Å². The van der Waals surface area contributed by atoms with Crippen LogP contribution in [-0.2, 0) is 0 Å². The monoisotopic (exact) mass is 144 g/mol. The van der Waals surface area contributed by atoms with Crippen molar-refractivity contribution in [2.45, 2.75) is 18.1 Å². The second-order valence-corrected chi connectivity index (χ2v) is 3.49. The van der Waals surface area contributed by atoms with Crippen LogP contribution in [0.4, 0.5) is 0 Å². The zero-order valence-electron chi connectivity index (χ0n) is 5.42. The van der Waals surface area contributed by atoms with Gasteiger partial charge in [-0.1, -0.05) is 12.2 Å². The quantitative estimate of drug-likeness (QED) is 0.605. The average molecular weight is 144 g/mol. The van der Waals surface area contributed by atoms with E-state index in [1.165, 1.54) is 12.8 Å². The molecule has 2 heteroatoms. The normalized spacial score (nSPS) is 25.2. The van der Waals surface area contributed by atoms with Gasteiger partial charge in [0.15, 0.2) is 0 Å². The van der Waals surface area contributed by atoms with E-state index in [9.17, 15) is 0 Å². The van der Waals surface area contributed by atoms with E-state index in [4.69, 9.17) is 5.11 Å². The maximum Gasteiger partial charge on any atom is 0.0521 e. The Bertz CT molecular complexity index is 101. The van der Waals surface area contributed by atoms with Gasteiger partial charge in [0.25, 0.3) is 0 Å². The highest BCUT2D eigenvalue weighted by Crippen LogP contribution is 2.22. The summed E-state index contributed by atoms with van der Waals surface area (Å²) in [6.45, 7) is 0.314. The smallest absolute Gasteiger partial charge is 0.0521 e. The molecule has 0 amide bonds. The van der Waals surface area contributed by atoms with Crippen LogP contribution in [0.2, 0.25) is 0 Å². The van der Waals surface area contributed by atoms with Gasteiger partial charge < -0.3 is 5.11 Å². The summed E-state index contributed by atoms with van der Waals surface area (Å²) in [5.41, 5.74) is 0. The van der Waals surface area contributed by atoms with E-state index in [0.717, 1.165) is 5.75 Å². The van der Waals surface area contributed by atoms with Crippen molar-refractivity contribution >= 4 is 11.8 Å². The van der Waals surface area contributed by atoms with Gasteiger partial charge in [-0.25, -0.2) is 0 Å². The highest BCUT2D eigenvalue weighted by Gasteiger charge is 2.07. The van der Waals surface area contributed by atoms with E-state index < -0.39 is 0 Å². The topological polar surface area (TPSA) is 20.2 Å². The molecule has 0 aromatic carbocycles. The van der Waals surface area contributed by atoms with Crippen molar-refractivity contribution in [3.05, 3.63) is 12.2 Å². The summed E-state index contributed by atoms with van der Waals surface area (Å²) < 4.78 is 0. The van der Waals surface area contributed by atoms with E-state index in [1.54, 1.807) is 0 Å². The number of rotatable bonds is 3. The predicted octanol–water partition coefficient (Wildman–Crippen LogP) is 1.43. The summed E-state index contributed by atoms with van der Waals surface area (Å²) >= 11 is 1.85. The lowest BCUT2D eigenvalue weighted by Crippen LogP contribution is -1.96. The van der Waals surface area contributed by atoms with Gasteiger partial charge in [0.05, 0.1) is 6.61 Å². The summed E-state index contributed by atoms with van der Waals surface area (Å²) in [5, 5.41) is 9.17. The van der Waals surface area contributed by atoms with E-state index in [1.807, 2.05) is 11.8 Å². The van der Waals surface area contributed by atoms with Crippen LogP contribution < -0.4 is 0 Å². The van der Waals surface area contributed by atoms with Crippen molar-refractivity contribution in [1.82, 2.24) is 0 Å². The molecule has 0 aliphatic heterocycles. The minimum atomic E-state index is 0.314. The first kappa shape index (κ1) is 7.16. The summed E-state index contributed by atoms with van der Waals surface area (Å²) in [6, 6.07) is 0. The Morgan fingerprint density at radius 1 is 1.67 bits per heavy atom. The Labute approximate surface area is 60.2 Å². The molecule has 52 valence electrons. The molecule has 0 spiro atoms. The maximum absolute atomic E-state index is 8.48. The fourth-order valence-electron chi connectivity index (χ4n) is 0.948. The number of aliphatic hydroxyl groups excluding tert-OH is 1. The van der Waals surface area contributed by atoms with Crippen molar-refractivity contribution in [3.63, 3.8) is 0 Å². The van der Waals surface area contributed by atoms with Gasteiger partial charge in [-0.2, -0.15) is 11.8 Å². The molecule has 1 atom stereocenters. The van der Waals surface area contributed by atoms with Crippen LogP contribution in [0.3, 0.4) is 0 Å². The molecule has 0 fully saturated rings. The Balaban J connectivity index is 2.05. The lowest BCUT2D eigenvalue weighted by Gasteiger charge is -2.03. The SMILES string of the molecule is OCCS[C@@H]1C=CCC1. The molecular weight excluding hydrogens is 132 g/mol. The number of allylic oxidation sites excluding steroid dienone is 1. The molecule has 1 aliphatic carbocycles. The minimum Gasteiger partial charge on any atom is -0.396 e. The third-order valence-electron chi connectivity index (χ3n) is 1.39. The molecule has 0 unspecified atom stereocenters. The highest BCUT2D eigenvalue weighted by molar-refractivity contribution is 8.00. The fourth-order valence-corrected chi connectivity index (χ4v) is 1.88. The molecule has 1 aliphatic rings. The van der Waals surface area contributed by atoms with Crippen LogP contribution >= 0.6 is 11.8 Å². The van der Waals surface area contributed by atoms with Gasteiger partial charge in [0, 0.05) is 11.0 Å². The van der Waals surface area contributed by atoms with Crippen molar-refractivity contribution in [2.24, 2.45) is 0 Å². The van der Waals surface area contributed by atoms with Gasteiger partial charge in [-0.05, 0) is 12.8 Å². The van der Waals surface area contributed by atoms with Crippen molar-refractivity contribution in [2.75, 3.05) is 12.4 Å². The van der Waals surface area contributed by atoms with Crippen LogP contribution in [0.5, 0.6) is 0 Å². The van der Waals surface area contributed by atoms with Crippen LogP contribution in [0.1, 0.15) is 12.8 Å². The number of hydrogen-bond donors (Lipinski definition) is 1. The molecule has 9 heavy (non-hydrogen) atoms. The standard InChI is InChI=1S/C7H12OS/c8-5-6-9-7-3-1-2-4-7/h1,3,7-8H,2,4-6H2/t7-/m1/s1. The molecule has 0 saturated carbocycles. The molecular formula is C7H12OS. The van der Waals surface area contributed by atoms with E-state index in [0.29, 0.717) is 11.9 Å². The van der Waals surface area contributed by atoms with E-state index in [2.05, 4.69) is 12.2 Å². The van der Waals surface area contributed by atoms with Gasteiger partial charge in [0.1, 0.15) is 0 Å². The van der Waals surface area contributed by atoms with Crippen LogP contribution in [0.15, 0.2) is 12.2 Å². The van der Waals surface area contributed by atoms with Gasteiger partial charge in [-0.3, -0.25) is 0 Å². The Hall–Kier alpha value is 0.0500. The first-order valence-electron chi connectivity index (χ1n) is 3.32. The van der Waals surface area contributed by atoms with Crippen LogP contribution in [0, 0.1) is 0 Å². The number of hydrogen-bond acceptors (Lipinski definition) is 2. The molecule has 0 heterocycles. The Morgan fingerprint density at radius 3 is 3.11 bits per heavy atom. The van der Waals surface area contributed by atoms with E-state index >= 15 is 0 Å². The summed E-state index contributed by atoms with van der Waals surface area (Å²) in [7, 11) is 0. The molecule has 0 bridgehead atoms. The molecule has 0 aromatic heterocycles. The summed E-state index contributed by atoms with van der Waals surface area (Å²) in [5.74, 6) is 0.884. The molecule has 1 rings (SSSR count). The Morgan fingerprint density at radius 2 is 2.56 bits per heavy atom. The first-order chi connectivity index (χ1) is 4.43. The molecule has 0 aromatic rings. The number of thioether (sulfide) groups is 1. The molecule has 0 radical (unpaired) electrons. The molecule has 0 saturated heterocycles. The molecule has 1 N–H and O–H groups in total. The van der Waals surface area contributed by atoms with Gasteiger partial charge in [0.2, 0.25) is 0 Å². The minimum absolute atomic E-state index is 0.314. The number of aliphatic hydroxyl groups is 1. The molecule has 1 nitrogen and oxygen atoms in total. The van der Waals surface area contributed by atoms with Crippen molar-refractivity contribution in [3.8, 4) is 0 Å². The average Bonchev–Trinajstić information content (AvgIpc) is 2.34. The van der Waals surface area contributed by atoms with Gasteiger partial charge >= 0.3 is 0 Å². The van der Waals surface area contributed by atoms with E-state index in [-0.39, 0.29) is 0 Å². The fraction of sp³-hybridized carbons (Fsp3) is 0.714. The largest absolute Gasteiger partial charge is 0.396 e. The van der Waals surface area contributed by atoms with Crippen molar-refractivity contribution in [1.29, 1.82) is 0 Å². The first-order valence-corrected chi connectivity index (χ1v) is 4.37. The highest BCUT2D eigenvalue weighted by atomic mass is 32.2. The third-order valence-corrected chi connectivity index (χ3v) is 2.63. The summed E-state index contributed by atoms with van der Waals surface area (Å²) in [4.78, 5) is 0.